The molecule has 152 valence electrons. The molecule has 4 rings (SSSR count). The Hall–Kier alpha value is -4.04. The molecule has 0 saturated carbocycles. The number of benzene rings is 1. The normalized spacial score (nSPS) is 16.2. The van der Waals surface area contributed by atoms with Crippen LogP contribution in [0.4, 0.5) is 17.5 Å². The molecule has 0 aliphatic carbocycles. The predicted molar refractivity (Wildman–Crippen MR) is 109 cm³/mol. The van der Waals surface area contributed by atoms with E-state index in [-0.39, 0.29) is 11.6 Å². The van der Waals surface area contributed by atoms with Crippen LogP contribution in [0.2, 0.25) is 0 Å². The van der Waals surface area contributed by atoms with E-state index >= 15 is 0 Å². The largest absolute Gasteiger partial charge is 0.365 e. The summed E-state index contributed by atoms with van der Waals surface area (Å²) in [6.07, 6.45) is 5.47. The van der Waals surface area contributed by atoms with Crippen LogP contribution in [0.5, 0.6) is 0 Å². The number of nitrogens with one attached hydrogen (secondary N) is 2. The number of nitrogens with zero attached hydrogens (tertiary/aromatic N) is 7. The van der Waals surface area contributed by atoms with E-state index in [0.717, 1.165) is 25.2 Å². The van der Waals surface area contributed by atoms with E-state index in [2.05, 4.69) is 41.8 Å². The zero-order valence-corrected chi connectivity index (χ0v) is 16.1. The van der Waals surface area contributed by atoms with Gasteiger partial charge in [0.05, 0.1) is 30.7 Å². The number of carbonyl (C=O) groups is 1. The van der Waals surface area contributed by atoms with E-state index in [1.807, 2.05) is 24.3 Å². The number of carbonyl (C=O) groups excluding carboxylic acids is 1. The van der Waals surface area contributed by atoms with E-state index in [9.17, 15) is 4.79 Å². The molecule has 1 saturated heterocycles. The van der Waals surface area contributed by atoms with Crippen molar-refractivity contribution in [1.82, 2.24) is 29.9 Å². The van der Waals surface area contributed by atoms with Crippen molar-refractivity contribution in [3.05, 3.63) is 48.4 Å². The third-order valence-corrected chi connectivity index (χ3v) is 4.71. The maximum Gasteiger partial charge on any atom is 0.254 e. The van der Waals surface area contributed by atoms with Crippen LogP contribution >= 0.6 is 0 Å². The third-order valence-electron chi connectivity index (χ3n) is 4.71. The summed E-state index contributed by atoms with van der Waals surface area (Å²) in [6, 6.07) is 9.65. The first-order valence-corrected chi connectivity index (χ1v) is 9.39. The van der Waals surface area contributed by atoms with Crippen LogP contribution < -0.4 is 16.4 Å². The molecule has 0 radical (unpaired) electrons. The monoisotopic (exact) mass is 404 g/mol. The first kappa shape index (κ1) is 19.3. The van der Waals surface area contributed by atoms with Crippen LogP contribution in [-0.4, -0.2) is 61.4 Å². The minimum Gasteiger partial charge on any atom is -0.365 e. The van der Waals surface area contributed by atoms with Crippen LogP contribution in [0.25, 0.3) is 5.69 Å². The smallest absolute Gasteiger partial charge is 0.254 e. The second-order valence-electron chi connectivity index (χ2n) is 6.84. The van der Waals surface area contributed by atoms with Crippen LogP contribution in [0.1, 0.15) is 16.8 Å². The predicted octanol–water partition coefficient (Wildman–Crippen LogP) is 0.910. The summed E-state index contributed by atoms with van der Waals surface area (Å²) in [5.41, 5.74) is 7.13. The molecule has 4 N–H and O–H groups in total. The number of nitrogens with two attached hydrogens (primary N) is 1. The summed E-state index contributed by atoms with van der Waals surface area (Å²) in [6.45, 7) is 1.97. The average Bonchev–Trinajstić information content (AvgIpc) is 3.41. The topological polar surface area (TPSA) is 151 Å². The number of hydrogen-bond acceptors (Lipinski definition) is 9. The fourth-order valence-corrected chi connectivity index (χ4v) is 3.30. The maximum absolute atomic E-state index is 11.9. The Kier molecular flexibility index (Phi) is 5.49. The van der Waals surface area contributed by atoms with Crippen molar-refractivity contribution in [3.63, 3.8) is 0 Å². The van der Waals surface area contributed by atoms with Gasteiger partial charge in [0.25, 0.3) is 5.91 Å². The number of aromatic nitrogens is 5. The fourth-order valence-electron chi connectivity index (χ4n) is 3.30. The van der Waals surface area contributed by atoms with Gasteiger partial charge in [0, 0.05) is 31.0 Å². The maximum atomic E-state index is 11.9. The van der Waals surface area contributed by atoms with E-state index in [1.165, 1.54) is 11.0 Å². The van der Waals surface area contributed by atoms with Gasteiger partial charge in [-0.15, -0.1) is 0 Å². The fraction of sp³-hybridized carbons (Fsp3) is 0.263. The lowest BCUT2D eigenvalue weighted by molar-refractivity contribution is 0.100. The van der Waals surface area contributed by atoms with E-state index in [1.54, 1.807) is 12.4 Å². The Morgan fingerprint density at radius 1 is 1.33 bits per heavy atom. The zero-order valence-electron chi connectivity index (χ0n) is 16.1. The van der Waals surface area contributed by atoms with Gasteiger partial charge in [0.15, 0.2) is 0 Å². The summed E-state index contributed by atoms with van der Waals surface area (Å²) in [5.74, 6) is 0.0590. The number of amides is 1. The Bertz CT molecular complexity index is 1080. The third kappa shape index (κ3) is 4.34. The molecule has 11 heteroatoms. The molecule has 3 heterocycles. The second kappa shape index (κ2) is 8.54. The molecule has 11 nitrogen and oxygen atoms in total. The molecule has 3 aromatic rings. The number of rotatable bonds is 7. The second-order valence-corrected chi connectivity index (χ2v) is 6.84. The Morgan fingerprint density at radius 2 is 2.17 bits per heavy atom. The molecule has 1 fully saturated rings. The van der Waals surface area contributed by atoms with Crippen molar-refractivity contribution < 1.29 is 4.79 Å². The summed E-state index contributed by atoms with van der Waals surface area (Å²) in [4.78, 5) is 24.1. The summed E-state index contributed by atoms with van der Waals surface area (Å²) < 4.78 is 0. The number of nitriles is 1. The van der Waals surface area contributed by atoms with Crippen LogP contribution in [0.15, 0.2) is 42.9 Å². The summed E-state index contributed by atoms with van der Waals surface area (Å²) in [7, 11) is 0. The quantitative estimate of drug-likeness (QED) is 0.488. The highest BCUT2D eigenvalue weighted by molar-refractivity contribution is 5.98. The molecule has 1 aliphatic rings. The highest BCUT2D eigenvalue weighted by Crippen LogP contribution is 2.22. The molecule has 1 unspecified atom stereocenters. The van der Waals surface area contributed by atoms with Crippen molar-refractivity contribution in [2.75, 3.05) is 30.3 Å². The molecule has 1 aromatic carbocycles. The minimum atomic E-state index is -0.630. The number of likely N-dealkylation sites (tertiary alicyclic amines) is 1. The SMILES string of the molecule is N#CCN1CCC(Nc2ncc(C(N)=O)c(Nc3cccc(-n4nccn4)c3)n2)C1. The minimum absolute atomic E-state index is 0.125. The molecule has 0 spiro atoms. The highest BCUT2D eigenvalue weighted by atomic mass is 16.1. The molecule has 1 atom stereocenters. The van der Waals surface area contributed by atoms with Crippen molar-refractivity contribution in [2.45, 2.75) is 12.5 Å². The summed E-state index contributed by atoms with van der Waals surface area (Å²) in [5, 5.41) is 23.5. The van der Waals surface area contributed by atoms with Gasteiger partial charge in [0.1, 0.15) is 11.4 Å². The molecule has 1 aliphatic heterocycles. The lowest BCUT2D eigenvalue weighted by Crippen LogP contribution is -2.27. The van der Waals surface area contributed by atoms with Gasteiger partial charge in [0.2, 0.25) is 5.95 Å². The number of anilines is 3. The summed E-state index contributed by atoms with van der Waals surface area (Å²) >= 11 is 0. The van der Waals surface area contributed by atoms with Crippen molar-refractivity contribution in [1.29, 1.82) is 5.26 Å². The number of primary amides is 1. The Labute approximate surface area is 172 Å². The van der Waals surface area contributed by atoms with Crippen LogP contribution in [0, 0.1) is 11.3 Å². The number of hydrogen-bond donors (Lipinski definition) is 3. The van der Waals surface area contributed by atoms with Gasteiger partial charge < -0.3 is 16.4 Å². The van der Waals surface area contributed by atoms with Gasteiger partial charge in [-0.05, 0) is 24.6 Å². The van der Waals surface area contributed by atoms with Crippen LogP contribution in [0.3, 0.4) is 0 Å². The Balaban J connectivity index is 1.55. The lowest BCUT2D eigenvalue weighted by atomic mass is 10.2. The molecule has 0 bridgehead atoms. The van der Waals surface area contributed by atoms with E-state index < -0.39 is 5.91 Å². The van der Waals surface area contributed by atoms with E-state index in [4.69, 9.17) is 11.0 Å². The molecular weight excluding hydrogens is 384 g/mol. The van der Waals surface area contributed by atoms with Crippen molar-refractivity contribution in [3.8, 4) is 11.8 Å². The van der Waals surface area contributed by atoms with Gasteiger partial charge in [-0.3, -0.25) is 9.69 Å². The van der Waals surface area contributed by atoms with Gasteiger partial charge in [-0.25, -0.2) is 4.98 Å². The average molecular weight is 404 g/mol. The molecular formula is C19H20N10O. The standard InChI is InChI=1S/C19H20N10O/c20-5-9-28-8-4-14(12-28)26-19-22-11-16(17(21)30)18(27-19)25-13-2-1-3-15(10-13)29-23-6-7-24-29/h1-3,6-7,10-11,14H,4,8-9,12H2,(H2,21,30)(H2,22,25,26,27). The van der Waals surface area contributed by atoms with Crippen molar-refractivity contribution in [2.24, 2.45) is 5.73 Å². The molecule has 30 heavy (non-hydrogen) atoms. The zero-order chi connectivity index (χ0) is 20.9. The van der Waals surface area contributed by atoms with Gasteiger partial charge in [-0.2, -0.15) is 25.2 Å². The van der Waals surface area contributed by atoms with Gasteiger partial charge in [-0.1, -0.05) is 6.07 Å². The first-order valence-electron chi connectivity index (χ1n) is 9.39. The Morgan fingerprint density at radius 3 is 2.93 bits per heavy atom. The highest BCUT2D eigenvalue weighted by Gasteiger charge is 2.23. The first-order chi connectivity index (χ1) is 14.6. The van der Waals surface area contributed by atoms with Crippen LogP contribution in [-0.2, 0) is 0 Å². The van der Waals surface area contributed by atoms with E-state index in [0.29, 0.717) is 24.0 Å². The lowest BCUT2D eigenvalue weighted by Gasteiger charge is -2.16. The molecule has 1 amide bonds. The van der Waals surface area contributed by atoms with Crippen molar-refractivity contribution >= 4 is 23.4 Å². The molecule has 2 aromatic heterocycles. The van der Waals surface area contributed by atoms with Gasteiger partial charge >= 0.3 is 0 Å².